The van der Waals surface area contributed by atoms with Crippen molar-refractivity contribution in [3.63, 3.8) is 0 Å². The fourth-order valence-corrected chi connectivity index (χ4v) is 4.61. The molecule has 0 atom stereocenters. The van der Waals surface area contributed by atoms with Crippen molar-refractivity contribution in [2.24, 2.45) is 0 Å². The largest absolute Gasteiger partial charge is 0.366 e. The molecule has 1 aliphatic heterocycles. The van der Waals surface area contributed by atoms with Crippen LogP contribution in [0.4, 0.5) is 15.2 Å². The molecule has 1 N–H and O–H groups in total. The van der Waals surface area contributed by atoms with E-state index in [0.29, 0.717) is 43.2 Å². The molecule has 2 aromatic rings. The van der Waals surface area contributed by atoms with Gasteiger partial charge >= 0.3 is 0 Å². The minimum atomic E-state index is -0.407. The monoisotopic (exact) mass is 423 g/mol. The lowest BCUT2D eigenvalue weighted by atomic mass is 10.1. The van der Waals surface area contributed by atoms with Crippen LogP contribution in [0.15, 0.2) is 22.5 Å². The number of rotatable bonds is 7. The first kappa shape index (κ1) is 20.5. The highest BCUT2D eigenvalue weighted by molar-refractivity contribution is 8.01. The zero-order valence-corrected chi connectivity index (χ0v) is 17.4. The zero-order valence-electron chi connectivity index (χ0n) is 15.8. The first-order valence-electron chi connectivity index (χ1n) is 9.01. The van der Waals surface area contributed by atoms with Gasteiger partial charge in [0.25, 0.3) is 0 Å². The molecule has 0 spiro atoms. The van der Waals surface area contributed by atoms with Gasteiger partial charge in [-0.25, -0.2) is 4.39 Å². The van der Waals surface area contributed by atoms with E-state index in [1.165, 1.54) is 36.1 Å². The van der Waals surface area contributed by atoms with Crippen molar-refractivity contribution in [3.05, 3.63) is 29.6 Å². The van der Waals surface area contributed by atoms with E-state index in [0.717, 1.165) is 16.0 Å². The van der Waals surface area contributed by atoms with Gasteiger partial charge in [0.15, 0.2) is 10.1 Å². The summed E-state index contributed by atoms with van der Waals surface area (Å²) in [5, 5.41) is 11.9. The third-order valence-electron chi connectivity index (χ3n) is 4.38. The number of hydrogen-bond donors (Lipinski definition) is 1. The lowest BCUT2D eigenvalue weighted by Crippen LogP contribution is -2.49. The van der Waals surface area contributed by atoms with E-state index in [1.807, 2.05) is 11.8 Å². The van der Waals surface area contributed by atoms with E-state index in [-0.39, 0.29) is 11.7 Å². The second kappa shape index (κ2) is 9.33. The van der Waals surface area contributed by atoms with Gasteiger partial charge in [-0.05, 0) is 32.0 Å². The SMILES string of the molecule is CCNc1nnc(SCC(=O)N2CCN(c3ccc(C(C)=O)cc3F)CC2)s1. The van der Waals surface area contributed by atoms with Gasteiger partial charge in [-0.3, -0.25) is 9.59 Å². The average Bonchev–Trinajstić information content (AvgIpc) is 3.14. The first-order valence-corrected chi connectivity index (χ1v) is 10.8. The Morgan fingerprint density at radius 2 is 2.00 bits per heavy atom. The summed E-state index contributed by atoms with van der Waals surface area (Å²) >= 11 is 2.81. The molecular formula is C18H22FN5O2S2. The van der Waals surface area contributed by atoms with Crippen molar-refractivity contribution in [1.29, 1.82) is 0 Å². The summed E-state index contributed by atoms with van der Waals surface area (Å²) in [5.74, 6) is -0.220. The number of Topliss-reactive ketones (excluding diaryl/α,β-unsaturated/α-hetero) is 1. The Labute approximate surface area is 171 Å². The summed E-state index contributed by atoms with van der Waals surface area (Å²) in [5.41, 5.74) is 0.831. The summed E-state index contributed by atoms with van der Waals surface area (Å²) < 4.78 is 15.1. The lowest BCUT2D eigenvalue weighted by molar-refractivity contribution is -0.128. The summed E-state index contributed by atoms with van der Waals surface area (Å²) in [4.78, 5) is 27.5. The molecule has 1 amide bonds. The lowest BCUT2D eigenvalue weighted by Gasteiger charge is -2.36. The molecule has 0 saturated carbocycles. The maximum Gasteiger partial charge on any atom is 0.233 e. The number of halogens is 1. The van der Waals surface area contributed by atoms with Crippen molar-refractivity contribution < 1.29 is 14.0 Å². The Balaban J connectivity index is 1.50. The number of anilines is 2. The molecule has 1 saturated heterocycles. The van der Waals surface area contributed by atoms with E-state index >= 15 is 0 Å². The number of benzene rings is 1. The molecule has 3 rings (SSSR count). The van der Waals surface area contributed by atoms with Crippen molar-refractivity contribution in [2.45, 2.75) is 18.2 Å². The van der Waals surface area contributed by atoms with Gasteiger partial charge in [-0.15, -0.1) is 10.2 Å². The number of aromatic nitrogens is 2. The number of carbonyl (C=O) groups is 2. The molecule has 7 nitrogen and oxygen atoms in total. The summed E-state index contributed by atoms with van der Waals surface area (Å²) in [7, 11) is 0. The van der Waals surface area contributed by atoms with Gasteiger partial charge < -0.3 is 15.1 Å². The van der Waals surface area contributed by atoms with Crippen molar-refractivity contribution in [2.75, 3.05) is 48.7 Å². The molecule has 0 aliphatic carbocycles. The third-order valence-corrected chi connectivity index (χ3v) is 6.38. The second-order valence-electron chi connectivity index (χ2n) is 6.28. The van der Waals surface area contributed by atoms with Crippen LogP contribution in [0.25, 0.3) is 0 Å². The highest BCUT2D eigenvalue weighted by Crippen LogP contribution is 2.26. The third kappa shape index (κ3) is 4.99. The predicted molar refractivity (Wildman–Crippen MR) is 110 cm³/mol. The molecule has 150 valence electrons. The summed E-state index contributed by atoms with van der Waals surface area (Å²) in [6.07, 6.45) is 0. The number of thioether (sulfide) groups is 1. The minimum absolute atomic E-state index is 0.0391. The Morgan fingerprint density at radius 1 is 1.25 bits per heavy atom. The molecule has 1 aliphatic rings. The minimum Gasteiger partial charge on any atom is -0.366 e. The topological polar surface area (TPSA) is 78.4 Å². The first-order chi connectivity index (χ1) is 13.5. The van der Waals surface area contributed by atoms with E-state index in [1.54, 1.807) is 17.0 Å². The normalized spacial score (nSPS) is 14.2. The quantitative estimate of drug-likeness (QED) is 0.542. The molecule has 1 aromatic carbocycles. The molecule has 10 heteroatoms. The fraction of sp³-hybridized carbons (Fsp3) is 0.444. The van der Waals surface area contributed by atoms with Gasteiger partial charge in [0.2, 0.25) is 11.0 Å². The number of hydrogen-bond acceptors (Lipinski definition) is 8. The summed E-state index contributed by atoms with van der Waals surface area (Å²) in [6.45, 7) is 6.35. The summed E-state index contributed by atoms with van der Waals surface area (Å²) in [6, 6.07) is 4.55. The number of carbonyl (C=O) groups excluding carboxylic acids is 2. The Kier molecular flexibility index (Phi) is 6.84. The Hall–Kier alpha value is -2.20. The maximum absolute atomic E-state index is 14.3. The van der Waals surface area contributed by atoms with Crippen LogP contribution < -0.4 is 10.2 Å². The van der Waals surface area contributed by atoms with E-state index in [2.05, 4.69) is 15.5 Å². The van der Waals surface area contributed by atoms with Crippen LogP contribution in [-0.2, 0) is 4.79 Å². The molecule has 2 heterocycles. The van der Waals surface area contributed by atoms with Crippen molar-refractivity contribution in [3.8, 4) is 0 Å². The van der Waals surface area contributed by atoms with Crippen LogP contribution in [0, 0.1) is 5.82 Å². The average molecular weight is 424 g/mol. The van der Waals surface area contributed by atoms with Crippen molar-refractivity contribution in [1.82, 2.24) is 15.1 Å². The van der Waals surface area contributed by atoms with Gasteiger partial charge in [0.05, 0.1) is 11.4 Å². The van der Waals surface area contributed by atoms with Gasteiger partial charge in [0, 0.05) is 38.3 Å². The molecular weight excluding hydrogens is 401 g/mol. The molecule has 1 fully saturated rings. The number of nitrogens with zero attached hydrogens (tertiary/aromatic N) is 4. The number of piperazine rings is 1. The van der Waals surface area contributed by atoms with Crippen LogP contribution in [0.1, 0.15) is 24.2 Å². The van der Waals surface area contributed by atoms with Gasteiger partial charge in [0.1, 0.15) is 5.82 Å². The predicted octanol–water partition coefficient (Wildman–Crippen LogP) is 2.75. The molecule has 1 aromatic heterocycles. The highest BCUT2D eigenvalue weighted by atomic mass is 32.2. The second-order valence-corrected chi connectivity index (χ2v) is 8.48. The number of ketones is 1. The number of nitrogens with one attached hydrogen (secondary N) is 1. The molecule has 28 heavy (non-hydrogen) atoms. The zero-order chi connectivity index (χ0) is 20.1. The Morgan fingerprint density at radius 3 is 2.64 bits per heavy atom. The molecule has 0 unspecified atom stereocenters. The van der Waals surface area contributed by atoms with Crippen molar-refractivity contribution >= 4 is 45.6 Å². The fourth-order valence-electron chi connectivity index (χ4n) is 2.88. The number of amides is 1. The van der Waals surface area contributed by atoms with Gasteiger partial charge in [-0.1, -0.05) is 23.1 Å². The standard InChI is InChI=1S/C18H22FN5O2S2/c1-3-20-17-21-22-18(28-17)27-11-16(26)24-8-6-23(7-9-24)15-5-4-13(12(2)25)10-14(15)19/h4-5,10H,3,6-9,11H2,1-2H3,(H,20,21). The highest BCUT2D eigenvalue weighted by Gasteiger charge is 2.23. The molecule has 0 bridgehead atoms. The van der Waals surface area contributed by atoms with Crippen LogP contribution in [0.5, 0.6) is 0 Å². The van der Waals surface area contributed by atoms with Gasteiger partial charge in [-0.2, -0.15) is 0 Å². The smallest absolute Gasteiger partial charge is 0.233 e. The van der Waals surface area contributed by atoms with Crippen LogP contribution in [0.2, 0.25) is 0 Å². The van der Waals surface area contributed by atoms with Crippen LogP contribution >= 0.6 is 23.1 Å². The van der Waals surface area contributed by atoms with E-state index in [4.69, 9.17) is 0 Å². The van der Waals surface area contributed by atoms with Crippen LogP contribution in [0.3, 0.4) is 0 Å². The Bertz CT molecular complexity index is 852. The molecule has 0 radical (unpaired) electrons. The maximum atomic E-state index is 14.3. The van der Waals surface area contributed by atoms with E-state index < -0.39 is 5.82 Å². The van der Waals surface area contributed by atoms with Crippen LogP contribution in [-0.4, -0.2) is 65.3 Å². The van der Waals surface area contributed by atoms with E-state index in [9.17, 15) is 14.0 Å².